The Morgan fingerprint density at radius 1 is 1.10 bits per heavy atom. The number of amides is 1. The Bertz CT molecular complexity index is 894. The summed E-state index contributed by atoms with van der Waals surface area (Å²) in [5, 5.41) is 2.63. The lowest BCUT2D eigenvalue weighted by atomic mass is 10.2. The maximum atomic E-state index is 12.3. The lowest BCUT2D eigenvalue weighted by molar-refractivity contribution is -0.274. The Labute approximate surface area is 171 Å². The molecule has 2 aromatic rings. The van der Waals surface area contributed by atoms with E-state index in [0.29, 0.717) is 23.6 Å². The van der Waals surface area contributed by atoms with Crippen molar-refractivity contribution in [1.82, 2.24) is 0 Å². The van der Waals surface area contributed by atoms with Crippen LogP contribution in [-0.2, 0) is 14.3 Å². The molecule has 0 radical (unpaired) electrons. The largest absolute Gasteiger partial charge is 0.573 e. The van der Waals surface area contributed by atoms with Gasteiger partial charge in [0.1, 0.15) is 11.5 Å². The van der Waals surface area contributed by atoms with Gasteiger partial charge >= 0.3 is 12.3 Å². The highest BCUT2D eigenvalue weighted by molar-refractivity contribution is 5.97. The predicted molar refractivity (Wildman–Crippen MR) is 104 cm³/mol. The van der Waals surface area contributed by atoms with Crippen LogP contribution in [0.15, 0.2) is 54.6 Å². The summed E-state index contributed by atoms with van der Waals surface area (Å²) in [5.41, 5.74) is 0.896. The number of para-hydroxylation sites is 2. The van der Waals surface area contributed by atoms with Crippen LogP contribution < -0.4 is 14.8 Å². The zero-order valence-corrected chi connectivity index (χ0v) is 16.2. The Kier molecular flexibility index (Phi) is 7.85. The van der Waals surface area contributed by atoms with Crippen LogP contribution in [0, 0.1) is 0 Å². The summed E-state index contributed by atoms with van der Waals surface area (Å²) in [7, 11) is 0. The fourth-order valence-electron chi connectivity index (χ4n) is 2.30. The quantitative estimate of drug-likeness (QED) is 0.498. The number of rotatable bonds is 8. The van der Waals surface area contributed by atoms with Gasteiger partial charge in [-0.25, -0.2) is 4.79 Å². The van der Waals surface area contributed by atoms with Crippen molar-refractivity contribution in [1.29, 1.82) is 0 Å². The minimum Gasteiger partial charge on any atom is -0.492 e. The van der Waals surface area contributed by atoms with Crippen molar-refractivity contribution in [3.63, 3.8) is 0 Å². The van der Waals surface area contributed by atoms with Crippen LogP contribution in [0.3, 0.4) is 0 Å². The molecule has 160 valence electrons. The van der Waals surface area contributed by atoms with Crippen molar-refractivity contribution in [3.05, 3.63) is 60.2 Å². The number of carbonyl (C=O) groups is 2. The Balaban J connectivity index is 1.90. The van der Waals surface area contributed by atoms with E-state index in [2.05, 4.69) is 10.1 Å². The number of nitrogens with one attached hydrogen (secondary N) is 1. The molecule has 0 bridgehead atoms. The predicted octanol–water partition coefficient (Wildman–Crippen LogP) is 4.57. The van der Waals surface area contributed by atoms with Crippen LogP contribution in [0.1, 0.15) is 19.4 Å². The molecule has 0 saturated carbocycles. The smallest absolute Gasteiger partial charge is 0.492 e. The molecule has 0 aliphatic heterocycles. The summed E-state index contributed by atoms with van der Waals surface area (Å²) in [6, 6.07) is 11.7. The molecular formula is C21H20F3NO5. The summed E-state index contributed by atoms with van der Waals surface area (Å²) < 4.78 is 50.7. The van der Waals surface area contributed by atoms with E-state index in [1.165, 1.54) is 25.1 Å². The molecule has 9 heteroatoms. The molecule has 0 heterocycles. The van der Waals surface area contributed by atoms with Crippen molar-refractivity contribution in [2.24, 2.45) is 0 Å². The number of halogens is 3. The van der Waals surface area contributed by atoms with E-state index in [9.17, 15) is 22.8 Å². The van der Waals surface area contributed by atoms with Gasteiger partial charge in [0.05, 0.1) is 12.3 Å². The van der Waals surface area contributed by atoms with Gasteiger partial charge in [-0.1, -0.05) is 24.3 Å². The number of carbonyl (C=O) groups excluding carboxylic acids is 2. The van der Waals surface area contributed by atoms with Gasteiger partial charge in [-0.3, -0.25) is 4.79 Å². The molecular weight excluding hydrogens is 403 g/mol. The van der Waals surface area contributed by atoms with Crippen LogP contribution in [-0.4, -0.2) is 30.9 Å². The van der Waals surface area contributed by atoms with Gasteiger partial charge in [0, 0.05) is 6.08 Å². The first-order valence-corrected chi connectivity index (χ1v) is 8.95. The van der Waals surface area contributed by atoms with Crippen LogP contribution in [0.25, 0.3) is 6.08 Å². The van der Waals surface area contributed by atoms with E-state index in [1.54, 1.807) is 24.3 Å². The number of hydrogen-bond donors (Lipinski definition) is 1. The van der Waals surface area contributed by atoms with Gasteiger partial charge in [0.15, 0.2) is 6.10 Å². The molecule has 6 nitrogen and oxygen atoms in total. The molecule has 0 aliphatic rings. The SMILES string of the molecule is CCOc1ccccc1NC(=O)C(C)OC(=O)/C=C/c1ccc(OC(F)(F)F)cc1. The van der Waals surface area contributed by atoms with Gasteiger partial charge in [-0.2, -0.15) is 0 Å². The fraction of sp³-hybridized carbons (Fsp3) is 0.238. The number of hydrogen-bond acceptors (Lipinski definition) is 5. The molecule has 1 unspecified atom stereocenters. The van der Waals surface area contributed by atoms with Crippen molar-refractivity contribution < 1.29 is 37.0 Å². The van der Waals surface area contributed by atoms with Crippen molar-refractivity contribution in [2.75, 3.05) is 11.9 Å². The van der Waals surface area contributed by atoms with Crippen molar-refractivity contribution in [2.45, 2.75) is 26.3 Å². The van der Waals surface area contributed by atoms with E-state index in [1.807, 2.05) is 6.92 Å². The maximum Gasteiger partial charge on any atom is 0.573 e. The minimum absolute atomic E-state index is 0.375. The molecule has 0 aliphatic carbocycles. The standard InChI is InChI=1S/C21H20F3NO5/c1-3-28-18-7-5-4-6-17(18)25-20(27)14(2)29-19(26)13-10-15-8-11-16(12-9-15)30-21(22,23)24/h4-14H,3H2,1-2H3,(H,25,27)/b13-10+. The summed E-state index contributed by atoms with van der Waals surface area (Å²) in [6.45, 7) is 3.64. The molecule has 0 fully saturated rings. The first-order valence-electron chi connectivity index (χ1n) is 8.95. The maximum absolute atomic E-state index is 12.3. The van der Waals surface area contributed by atoms with Crippen LogP contribution in [0.4, 0.5) is 18.9 Å². The second-order valence-corrected chi connectivity index (χ2v) is 5.95. The summed E-state index contributed by atoms with van der Waals surface area (Å²) in [6.07, 6.45) is -3.45. The van der Waals surface area contributed by atoms with Crippen LogP contribution in [0.2, 0.25) is 0 Å². The van der Waals surface area contributed by atoms with Gasteiger partial charge < -0.3 is 19.5 Å². The molecule has 0 aromatic heterocycles. The van der Waals surface area contributed by atoms with Crippen molar-refractivity contribution >= 4 is 23.6 Å². The average molecular weight is 423 g/mol. The zero-order valence-electron chi connectivity index (χ0n) is 16.2. The van der Waals surface area contributed by atoms with E-state index in [0.717, 1.165) is 18.2 Å². The summed E-state index contributed by atoms with van der Waals surface area (Å²) >= 11 is 0. The van der Waals surface area contributed by atoms with Crippen molar-refractivity contribution in [3.8, 4) is 11.5 Å². The van der Waals surface area contributed by atoms with Gasteiger partial charge in [0.2, 0.25) is 0 Å². The Hall–Kier alpha value is -3.49. The zero-order chi connectivity index (χ0) is 22.1. The third-order valence-corrected chi connectivity index (χ3v) is 3.63. The van der Waals surface area contributed by atoms with Gasteiger partial charge in [-0.05, 0) is 49.8 Å². The molecule has 1 amide bonds. The Morgan fingerprint density at radius 3 is 2.40 bits per heavy atom. The highest BCUT2D eigenvalue weighted by Crippen LogP contribution is 2.24. The first kappa shape index (κ1) is 22.8. The molecule has 1 atom stereocenters. The molecule has 2 aromatic carbocycles. The summed E-state index contributed by atoms with van der Waals surface area (Å²) in [5.74, 6) is -1.21. The highest BCUT2D eigenvalue weighted by Gasteiger charge is 2.30. The third-order valence-electron chi connectivity index (χ3n) is 3.63. The molecule has 30 heavy (non-hydrogen) atoms. The number of benzene rings is 2. The van der Waals surface area contributed by atoms with E-state index < -0.39 is 24.3 Å². The number of ether oxygens (including phenoxy) is 3. The van der Waals surface area contributed by atoms with E-state index in [4.69, 9.17) is 9.47 Å². The molecule has 0 saturated heterocycles. The second-order valence-electron chi connectivity index (χ2n) is 5.95. The second kappa shape index (κ2) is 10.3. The lowest BCUT2D eigenvalue weighted by Gasteiger charge is -2.15. The first-order chi connectivity index (χ1) is 14.2. The van der Waals surface area contributed by atoms with Crippen LogP contribution >= 0.6 is 0 Å². The number of alkyl halides is 3. The Morgan fingerprint density at radius 2 is 1.77 bits per heavy atom. The van der Waals surface area contributed by atoms with E-state index >= 15 is 0 Å². The molecule has 1 N–H and O–H groups in total. The molecule has 2 rings (SSSR count). The number of anilines is 1. The highest BCUT2D eigenvalue weighted by atomic mass is 19.4. The molecule has 0 spiro atoms. The van der Waals surface area contributed by atoms with E-state index in [-0.39, 0.29) is 5.75 Å². The van der Waals surface area contributed by atoms with Gasteiger partial charge in [-0.15, -0.1) is 13.2 Å². The normalized spacial score (nSPS) is 12.3. The topological polar surface area (TPSA) is 73.9 Å². The third kappa shape index (κ3) is 7.50. The fourth-order valence-corrected chi connectivity index (χ4v) is 2.30. The average Bonchev–Trinajstić information content (AvgIpc) is 2.68. The minimum atomic E-state index is -4.78. The van der Waals surface area contributed by atoms with Gasteiger partial charge in [0.25, 0.3) is 5.91 Å². The summed E-state index contributed by atoms with van der Waals surface area (Å²) in [4.78, 5) is 24.2. The lowest BCUT2D eigenvalue weighted by Crippen LogP contribution is -2.29. The van der Waals surface area contributed by atoms with Crippen LogP contribution in [0.5, 0.6) is 11.5 Å². The monoisotopic (exact) mass is 423 g/mol. The number of esters is 1.